The SMILES string of the molecule is COc1ccc(CC(=O)N2CCC(NC(=O)C3CC(=O)N(C(C)(C)C)C3)CC2)cc1. The number of rotatable bonds is 5. The van der Waals surface area contributed by atoms with Crippen LogP contribution in [0.3, 0.4) is 0 Å². The van der Waals surface area contributed by atoms with E-state index in [-0.39, 0.29) is 41.6 Å². The predicted octanol–water partition coefficient (Wildman–Crippen LogP) is 1.99. The van der Waals surface area contributed by atoms with Crippen LogP contribution in [0.4, 0.5) is 0 Å². The van der Waals surface area contributed by atoms with Gasteiger partial charge in [-0.15, -0.1) is 0 Å². The van der Waals surface area contributed by atoms with Gasteiger partial charge in [-0.25, -0.2) is 0 Å². The van der Waals surface area contributed by atoms with Gasteiger partial charge in [-0.05, 0) is 51.3 Å². The zero-order valence-electron chi connectivity index (χ0n) is 18.4. The molecule has 164 valence electrons. The van der Waals surface area contributed by atoms with E-state index in [0.717, 1.165) is 24.2 Å². The minimum atomic E-state index is -0.286. The molecule has 7 heteroatoms. The molecule has 0 spiro atoms. The molecule has 0 aromatic heterocycles. The standard InChI is InChI=1S/C23H33N3O4/c1-23(2,3)26-15-17(14-21(26)28)22(29)24-18-9-11-25(12-10-18)20(27)13-16-5-7-19(30-4)8-6-16/h5-8,17-18H,9-15H2,1-4H3,(H,24,29). The lowest BCUT2D eigenvalue weighted by Gasteiger charge is -2.33. The fourth-order valence-corrected chi connectivity index (χ4v) is 4.15. The molecule has 0 radical (unpaired) electrons. The number of methoxy groups -OCH3 is 1. The van der Waals surface area contributed by atoms with E-state index in [2.05, 4.69) is 5.32 Å². The van der Waals surface area contributed by atoms with Gasteiger partial charge in [0, 0.05) is 37.6 Å². The Morgan fingerprint density at radius 2 is 1.77 bits per heavy atom. The lowest BCUT2D eigenvalue weighted by molar-refractivity contribution is -0.133. The van der Waals surface area contributed by atoms with Gasteiger partial charge in [0.05, 0.1) is 19.4 Å². The van der Waals surface area contributed by atoms with Crippen molar-refractivity contribution in [3.63, 3.8) is 0 Å². The summed E-state index contributed by atoms with van der Waals surface area (Å²) in [7, 11) is 1.62. The van der Waals surface area contributed by atoms with Crippen LogP contribution in [0.1, 0.15) is 45.6 Å². The second-order valence-corrected chi connectivity index (χ2v) is 9.26. The molecule has 2 heterocycles. The third kappa shape index (κ3) is 5.32. The topological polar surface area (TPSA) is 79.0 Å². The van der Waals surface area contributed by atoms with Crippen LogP contribution in [-0.4, -0.2) is 65.8 Å². The highest BCUT2D eigenvalue weighted by Crippen LogP contribution is 2.26. The van der Waals surface area contributed by atoms with Crippen LogP contribution in [0.5, 0.6) is 5.75 Å². The van der Waals surface area contributed by atoms with Crippen molar-refractivity contribution in [3.8, 4) is 5.75 Å². The van der Waals surface area contributed by atoms with Crippen LogP contribution in [0.15, 0.2) is 24.3 Å². The maximum atomic E-state index is 12.7. The minimum absolute atomic E-state index is 0.0431. The summed E-state index contributed by atoms with van der Waals surface area (Å²) < 4.78 is 5.15. The first-order valence-electron chi connectivity index (χ1n) is 10.7. The molecule has 0 bridgehead atoms. The van der Waals surface area contributed by atoms with Gasteiger partial charge in [-0.3, -0.25) is 14.4 Å². The molecular weight excluding hydrogens is 382 g/mol. The summed E-state index contributed by atoms with van der Waals surface area (Å²) in [4.78, 5) is 41.1. The Morgan fingerprint density at radius 3 is 2.30 bits per heavy atom. The molecule has 1 aromatic rings. The van der Waals surface area contributed by atoms with Crippen molar-refractivity contribution in [2.45, 2.75) is 58.0 Å². The van der Waals surface area contributed by atoms with E-state index in [9.17, 15) is 14.4 Å². The molecular formula is C23H33N3O4. The van der Waals surface area contributed by atoms with Crippen LogP contribution in [0.25, 0.3) is 0 Å². The van der Waals surface area contributed by atoms with Crippen molar-refractivity contribution in [3.05, 3.63) is 29.8 Å². The van der Waals surface area contributed by atoms with Gasteiger partial charge >= 0.3 is 0 Å². The number of nitrogens with one attached hydrogen (secondary N) is 1. The van der Waals surface area contributed by atoms with E-state index in [1.807, 2.05) is 49.9 Å². The Balaban J connectivity index is 1.44. The zero-order chi connectivity index (χ0) is 21.9. The number of hydrogen-bond acceptors (Lipinski definition) is 4. The molecule has 0 saturated carbocycles. The summed E-state index contributed by atoms with van der Waals surface area (Å²) in [5, 5.41) is 3.11. The Kier molecular flexibility index (Phi) is 6.68. The molecule has 7 nitrogen and oxygen atoms in total. The van der Waals surface area contributed by atoms with Gasteiger partial charge in [0.2, 0.25) is 17.7 Å². The molecule has 1 aromatic carbocycles. The van der Waals surface area contributed by atoms with Gasteiger partial charge in [0.25, 0.3) is 0 Å². The number of hydrogen-bond donors (Lipinski definition) is 1. The van der Waals surface area contributed by atoms with E-state index in [4.69, 9.17) is 4.74 Å². The zero-order valence-corrected chi connectivity index (χ0v) is 18.4. The molecule has 2 aliphatic heterocycles. The van der Waals surface area contributed by atoms with Crippen LogP contribution in [0, 0.1) is 5.92 Å². The number of carbonyl (C=O) groups is 3. The maximum absolute atomic E-state index is 12.7. The summed E-state index contributed by atoms with van der Waals surface area (Å²) >= 11 is 0. The Hall–Kier alpha value is -2.57. The van der Waals surface area contributed by atoms with Crippen molar-refractivity contribution in [2.24, 2.45) is 5.92 Å². The summed E-state index contributed by atoms with van der Waals surface area (Å²) in [6, 6.07) is 7.60. The molecule has 1 unspecified atom stereocenters. The summed E-state index contributed by atoms with van der Waals surface area (Å²) in [6.07, 6.45) is 2.13. The van der Waals surface area contributed by atoms with E-state index >= 15 is 0 Å². The number of nitrogens with zero attached hydrogens (tertiary/aromatic N) is 2. The fraction of sp³-hybridized carbons (Fsp3) is 0.609. The highest BCUT2D eigenvalue weighted by Gasteiger charge is 2.40. The van der Waals surface area contributed by atoms with Gasteiger partial charge in [-0.2, -0.15) is 0 Å². The van der Waals surface area contributed by atoms with E-state index < -0.39 is 0 Å². The molecule has 3 rings (SSSR count). The summed E-state index contributed by atoms with van der Waals surface area (Å²) in [5.41, 5.74) is 0.701. The van der Waals surface area contributed by atoms with Crippen molar-refractivity contribution >= 4 is 17.7 Å². The number of benzene rings is 1. The maximum Gasteiger partial charge on any atom is 0.226 e. The van der Waals surface area contributed by atoms with Crippen molar-refractivity contribution in [2.75, 3.05) is 26.7 Å². The summed E-state index contributed by atoms with van der Waals surface area (Å²) in [6.45, 7) is 7.72. The van der Waals surface area contributed by atoms with Crippen LogP contribution in [-0.2, 0) is 20.8 Å². The molecule has 30 heavy (non-hydrogen) atoms. The second-order valence-electron chi connectivity index (χ2n) is 9.26. The van der Waals surface area contributed by atoms with Gasteiger partial charge in [0.15, 0.2) is 0 Å². The second kappa shape index (κ2) is 9.06. The molecule has 0 aliphatic carbocycles. The number of ether oxygens (including phenoxy) is 1. The van der Waals surface area contributed by atoms with Crippen molar-refractivity contribution in [1.29, 1.82) is 0 Å². The number of likely N-dealkylation sites (tertiary alicyclic amines) is 2. The monoisotopic (exact) mass is 415 g/mol. The average molecular weight is 416 g/mol. The van der Waals surface area contributed by atoms with Crippen LogP contribution < -0.4 is 10.1 Å². The largest absolute Gasteiger partial charge is 0.497 e. The van der Waals surface area contributed by atoms with Gasteiger partial charge < -0.3 is 19.9 Å². The Bertz CT molecular complexity index is 777. The van der Waals surface area contributed by atoms with Gasteiger partial charge in [-0.1, -0.05) is 12.1 Å². The first kappa shape index (κ1) is 22.1. The van der Waals surface area contributed by atoms with Gasteiger partial charge in [0.1, 0.15) is 5.75 Å². The molecule has 3 amide bonds. The molecule has 2 aliphatic rings. The molecule has 1 N–H and O–H groups in total. The minimum Gasteiger partial charge on any atom is -0.497 e. The average Bonchev–Trinajstić information content (AvgIpc) is 3.11. The van der Waals surface area contributed by atoms with E-state index in [1.54, 1.807) is 12.0 Å². The smallest absolute Gasteiger partial charge is 0.226 e. The molecule has 2 saturated heterocycles. The Morgan fingerprint density at radius 1 is 1.13 bits per heavy atom. The fourth-order valence-electron chi connectivity index (χ4n) is 4.15. The first-order chi connectivity index (χ1) is 14.2. The first-order valence-corrected chi connectivity index (χ1v) is 10.7. The lowest BCUT2D eigenvalue weighted by atomic mass is 10.0. The highest BCUT2D eigenvalue weighted by atomic mass is 16.5. The normalized spacial score (nSPS) is 20.4. The van der Waals surface area contributed by atoms with Crippen molar-refractivity contribution < 1.29 is 19.1 Å². The predicted molar refractivity (Wildman–Crippen MR) is 114 cm³/mol. The van der Waals surface area contributed by atoms with Crippen LogP contribution in [0.2, 0.25) is 0 Å². The summed E-state index contributed by atoms with van der Waals surface area (Å²) in [5.74, 6) is 0.593. The number of piperidine rings is 1. The lowest BCUT2D eigenvalue weighted by Crippen LogP contribution is -2.48. The highest BCUT2D eigenvalue weighted by molar-refractivity contribution is 5.89. The van der Waals surface area contributed by atoms with E-state index in [0.29, 0.717) is 26.1 Å². The quantitative estimate of drug-likeness (QED) is 0.798. The number of amides is 3. The van der Waals surface area contributed by atoms with Crippen molar-refractivity contribution in [1.82, 2.24) is 15.1 Å². The molecule has 1 atom stereocenters. The third-order valence-electron chi connectivity index (χ3n) is 6.01. The van der Waals surface area contributed by atoms with Crippen LogP contribution >= 0.6 is 0 Å². The number of carbonyl (C=O) groups excluding carboxylic acids is 3. The Labute approximate surface area is 178 Å². The van der Waals surface area contributed by atoms with E-state index in [1.165, 1.54) is 0 Å². The third-order valence-corrected chi connectivity index (χ3v) is 6.01. The molecule has 2 fully saturated rings.